The van der Waals surface area contributed by atoms with E-state index in [4.69, 9.17) is 9.47 Å². The van der Waals surface area contributed by atoms with Gasteiger partial charge in [0.05, 0.1) is 13.2 Å². The van der Waals surface area contributed by atoms with Gasteiger partial charge in [-0.15, -0.1) is 0 Å². The van der Waals surface area contributed by atoms with Crippen LogP contribution in [0.25, 0.3) is 0 Å². The summed E-state index contributed by atoms with van der Waals surface area (Å²) in [4.78, 5) is 26.1. The van der Waals surface area contributed by atoms with Gasteiger partial charge in [0.2, 0.25) is 0 Å². The molecule has 0 aliphatic heterocycles. The molecule has 130 valence electrons. The molecule has 0 aromatic carbocycles. The summed E-state index contributed by atoms with van der Waals surface area (Å²) in [5.41, 5.74) is 0. The first-order chi connectivity index (χ1) is 10.5. The first kappa shape index (κ1) is 20.7. The number of ether oxygens (including phenoxy) is 2. The van der Waals surface area contributed by atoms with Gasteiger partial charge in [0.15, 0.2) is 0 Å². The van der Waals surface area contributed by atoms with Gasteiger partial charge in [0.25, 0.3) is 0 Å². The van der Waals surface area contributed by atoms with Crippen molar-refractivity contribution in [3.05, 3.63) is 0 Å². The minimum Gasteiger partial charge on any atom is -0.464 e. The summed E-state index contributed by atoms with van der Waals surface area (Å²) in [5, 5.41) is 0. The maximum Gasteiger partial charge on any atom is 0.410 e. The first-order valence-corrected chi connectivity index (χ1v) is 8.63. The van der Waals surface area contributed by atoms with Crippen molar-refractivity contribution in [2.75, 3.05) is 19.8 Å². The Labute approximate surface area is 135 Å². The average molecular weight is 315 g/mol. The Kier molecular flexibility index (Phi) is 11.6. The van der Waals surface area contributed by atoms with Crippen LogP contribution in [0.15, 0.2) is 0 Å². The zero-order valence-corrected chi connectivity index (χ0v) is 14.9. The number of carbonyl (C=O) groups is 2. The molecule has 0 saturated carbocycles. The molecule has 0 aliphatic rings. The van der Waals surface area contributed by atoms with Crippen molar-refractivity contribution < 1.29 is 19.1 Å². The van der Waals surface area contributed by atoms with Gasteiger partial charge in [0.1, 0.15) is 6.04 Å². The van der Waals surface area contributed by atoms with Crippen LogP contribution < -0.4 is 0 Å². The highest BCUT2D eigenvalue weighted by molar-refractivity contribution is 5.81. The molecule has 0 heterocycles. The van der Waals surface area contributed by atoms with E-state index in [1.807, 2.05) is 13.8 Å². The number of esters is 1. The van der Waals surface area contributed by atoms with Gasteiger partial charge < -0.3 is 9.47 Å². The number of amides is 1. The number of hydrogen-bond donors (Lipinski definition) is 0. The molecule has 0 saturated heterocycles. The van der Waals surface area contributed by atoms with E-state index in [9.17, 15) is 9.59 Å². The van der Waals surface area contributed by atoms with Crippen LogP contribution in [-0.4, -0.2) is 42.8 Å². The third kappa shape index (κ3) is 7.14. The third-order valence-electron chi connectivity index (χ3n) is 3.80. The second kappa shape index (κ2) is 12.3. The van der Waals surface area contributed by atoms with E-state index >= 15 is 0 Å². The lowest BCUT2D eigenvalue weighted by Crippen LogP contribution is -2.50. The van der Waals surface area contributed by atoms with E-state index in [1.165, 1.54) is 0 Å². The molecule has 0 aromatic rings. The van der Waals surface area contributed by atoms with Gasteiger partial charge in [-0.1, -0.05) is 46.5 Å². The lowest BCUT2D eigenvalue weighted by atomic mass is 9.97. The summed E-state index contributed by atoms with van der Waals surface area (Å²) in [6, 6.07) is -0.564. The van der Waals surface area contributed by atoms with Crippen molar-refractivity contribution in [1.29, 1.82) is 0 Å². The van der Waals surface area contributed by atoms with Crippen molar-refractivity contribution in [2.24, 2.45) is 5.92 Å². The lowest BCUT2D eigenvalue weighted by Gasteiger charge is -2.32. The van der Waals surface area contributed by atoms with Gasteiger partial charge in [-0.25, -0.2) is 9.59 Å². The summed E-state index contributed by atoms with van der Waals surface area (Å²) >= 11 is 0. The highest BCUT2D eigenvalue weighted by atomic mass is 16.6. The molecule has 0 aromatic heterocycles. The molecule has 5 nitrogen and oxygen atoms in total. The van der Waals surface area contributed by atoms with Gasteiger partial charge in [0, 0.05) is 6.54 Å². The standard InChI is InChI=1S/C17H33NO4/c1-6-10-11-12-13-18(17(20)22-9-4)15(14(5)7-2)16(19)21-8-3/h14-15H,6-13H2,1-5H3. The molecule has 0 rings (SSSR count). The molecule has 5 heteroatoms. The van der Waals surface area contributed by atoms with Crippen LogP contribution in [0.4, 0.5) is 4.79 Å². The predicted molar refractivity (Wildman–Crippen MR) is 87.7 cm³/mol. The van der Waals surface area contributed by atoms with Crippen LogP contribution in [0.2, 0.25) is 0 Å². The second-order valence-corrected chi connectivity index (χ2v) is 5.54. The van der Waals surface area contributed by atoms with Crippen molar-refractivity contribution in [3.63, 3.8) is 0 Å². The van der Waals surface area contributed by atoms with E-state index < -0.39 is 12.1 Å². The maximum absolute atomic E-state index is 12.3. The molecule has 0 bridgehead atoms. The van der Waals surface area contributed by atoms with Crippen molar-refractivity contribution in [3.8, 4) is 0 Å². The molecule has 0 aliphatic carbocycles. The SMILES string of the molecule is CCCCCCN(C(=O)OCC)C(C(=O)OCC)C(C)CC. The molecule has 1 amide bonds. The van der Waals surface area contributed by atoms with E-state index in [1.54, 1.807) is 18.7 Å². The summed E-state index contributed by atoms with van der Waals surface area (Å²) in [6.45, 7) is 10.8. The second-order valence-electron chi connectivity index (χ2n) is 5.54. The molecule has 0 N–H and O–H groups in total. The molecule has 0 spiro atoms. The van der Waals surface area contributed by atoms with Gasteiger partial charge in [-0.3, -0.25) is 4.90 Å². The van der Waals surface area contributed by atoms with Crippen LogP contribution in [0.3, 0.4) is 0 Å². The fourth-order valence-corrected chi connectivity index (χ4v) is 2.38. The number of nitrogens with zero attached hydrogens (tertiary/aromatic N) is 1. The number of hydrogen-bond acceptors (Lipinski definition) is 4. The molecular weight excluding hydrogens is 282 g/mol. The van der Waals surface area contributed by atoms with Gasteiger partial charge in [-0.05, 0) is 26.2 Å². The molecule has 0 radical (unpaired) electrons. The van der Waals surface area contributed by atoms with Crippen LogP contribution >= 0.6 is 0 Å². The van der Waals surface area contributed by atoms with Crippen LogP contribution in [0.5, 0.6) is 0 Å². The smallest absolute Gasteiger partial charge is 0.410 e. The zero-order chi connectivity index (χ0) is 17.0. The van der Waals surface area contributed by atoms with E-state index in [-0.39, 0.29) is 11.9 Å². The Balaban J connectivity index is 5.07. The van der Waals surface area contributed by atoms with Crippen LogP contribution in [0, 0.1) is 5.92 Å². The highest BCUT2D eigenvalue weighted by Crippen LogP contribution is 2.19. The Hall–Kier alpha value is -1.26. The molecule has 22 heavy (non-hydrogen) atoms. The Morgan fingerprint density at radius 1 is 0.955 bits per heavy atom. The first-order valence-electron chi connectivity index (χ1n) is 8.63. The topological polar surface area (TPSA) is 55.8 Å². The Bertz CT molecular complexity index is 320. The minimum atomic E-state index is -0.564. The fourth-order valence-electron chi connectivity index (χ4n) is 2.38. The number of rotatable bonds is 11. The molecular formula is C17H33NO4. The fraction of sp³-hybridized carbons (Fsp3) is 0.882. The van der Waals surface area contributed by atoms with Crippen LogP contribution in [-0.2, 0) is 14.3 Å². The summed E-state index contributed by atoms with van der Waals surface area (Å²) in [6.07, 6.45) is 4.56. The molecule has 2 atom stereocenters. The zero-order valence-electron chi connectivity index (χ0n) is 14.9. The summed E-state index contributed by atoms with van der Waals surface area (Å²) in [5.74, 6) is -0.296. The van der Waals surface area contributed by atoms with Gasteiger partial charge in [-0.2, -0.15) is 0 Å². The third-order valence-corrected chi connectivity index (χ3v) is 3.80. The van der Waals surface area contributed by atoms with Gasteiger partial charge >= 0.3 is 12.1 Å². The van der Waals surface area contributed by atoms with Crippen molar-refractivity contribution in [2.45, 2.75) is 72.8 Å². The highest BCUT2D eigenvalue weighted by Gasteiger charge is 2.35. The van der Waals surface area contributed by atoms with Crippen LogP contribution in [0.1, 0.15) is 66.7 Å². The molecule has 2 unspecified atom stereocenters. The average Bonchev–Trinajstić information content (AvgIpc) is 2.50. The Morgan fingerprint density at radius 3 is 2.09 bits per heavy atom. The normalized spacial score (nSPS) is 13.3. The number of unbranched alkanes of at least 4 members (excludes halogenated alkanes) is 3. The van der Waals surface area contributed by atoms with Crippen molar-refractivity contribution >= 4 is 12.1 Å². The molecule has 0 fully saturated rings. The van der Waals surface area contributed by atoms with Crippen molar-refractivity contribution in [1.82, 2.24) is 4.90 Å². The predicted octanol–water partition coefficient (Wildman–Crippen LogP) is 4.00. The monoisotopic (exact) mass is 315 g/mol. The summed E-state index contributed by atoms with van der Waals surface area (Å²) in [7, 11) is 0. The lowest BCUT2D eigenvalue weighted by molar-refractivity contribution is -0.151. The van der Waals surface area contributed by atoms with E-state index in [2.05, 4.69) is 6.92 Å². The van der Waals surface area contributed by atoms with E-state index in [0.717, 1.165) is 32.1 Å². The summed E-state index contributed by atoms with van der Waals surface area (Å²) < 4.78 is 10.3. The quantitative estimate of drug-likeness (QED) is 0.427. The maximum atomic E-state index is 12.3. The van der Waals surface area contributed by atoms with E-state index in [0.29, 0.717) is 19.8 Å². The largest absolute Gasteiger partial charge is 0.464 e. The Morgan fingerprint density at radius 2 is 1.59 bits per heavy atom. The minimum absolute atomic E-state index is 0.0367. The number of carbonyl (C=O) groups excluding carboxylic acids is 2.